The first-order chi connectivity index (χ1) is 13.7. The number of carbonyl (C=O) groups is 1. The highest BCUT2D eigenvalue weighted by Gasteiger charge is 2.27. The van der Waals surface area contributed by atoms with Crippen LogP contribution in [0.25, 0.3) is 0 Å². The topological polar surface area (TPSA) is 50.8 Å². The van der Waals surface area contributed by atoms with Crippen molar-refractivity contribution in [1.82, 2.24) is 0 Å². The predicted octanol–water partition coefficient (Wildman–Crippen LogP) is 4.95. The number of rotatable bonds is 5. The summed E-state index contributed by atoms with van der Waals surface area (Å²) < 4.78 is 10.6. The van der Waals surface area contributed by atoms with Crippen LogP contribution < -0.4 is 19.7 Å². The van der Waals surface area contributed by atoms with E-state index in [0.29, 0.717) is 11.5 Å². The maximum Gasteiger partial charge on any atom is 0.250 e. The molecule has 0 aromatic heterocycles. The third-order valence-corrected chi connectivity index (χ3v) is 5.61. The minimum atomic E-state index is -0.0398. The molecular formula is C22H20N2O3S. The first kappa shape index (κ1) is 18.3. The van der Waals surface area contributed by atoms with Crippen molar-refractivity contribution in [2.75, 3.05) is 31.0 Å². The zero-order valence-corrected chi connectivity index (χ0v) is 16.5. The SMILES string of the molecule is COc1cc(NCC(=O)N2c3ccccc3Sc3ccccc32)cc(OC)c1. The van der Waals surface area contributed by atoms with Crippen LogP contribution in [0.5, 0.6) is 11.5 Å². The van der Waals surface area contributed by atoms with Gasteiger partial charge in [-0.1, -0.05) is 36.0 Å². The van der Waals surface area contributed by atoms with Gasteiger partial charge in [0.1, 0.15) is 11.5 Å². The summed E-state index contributed by atoms with van der Waals surface area (Å²) in [7, 11) is 3.20. The molecule has 4 rings (SSSR count). The van der Waals surface area contributed by atoms with E-state index in [1.807, 2.05) is 60.7 Å². The third kappa shape index (κ3) is 3.51. The maximum absolute atomic E-state index is 13.2. The van der Waals surface area contributed by atoms with Crippen molar-refractivity contribution >= 4 is 34.7 Å². The van der Waals surface area contributed by atoms with Crippen molar-refractivity contribution in [3.8, 4) is 11.5 Å². The number of carbonyl (C=O) groups excluding carboxylic acids is 1. The lowest BCUT2D eigenvalue weighted by Gasteiger charge is -2.31. The molecule has 0 radical (unpaired) electrons. The van der Waals surface area contributed by atoms with Gasteiger partial charge in [-0.2, -0.15) is 0 Å². The number of fused-ring (bicyclic) bond motifs is 2. The number of amides is 1. The van der Waals surface area contributed by atoms with Crippen LogP contribution in [0.15, 0.2) is 76.5 Å². The molecule has 0 saturated heterocycles. The van der Waals surface area contributed by atoms with Gasteiger partial charge < -0.3 is 14.8 Å². The summed E-state index contributed by atoms with van der Waals surface area (Å²) in [6.45, 7) is 0.143. The Morgan fingerprint density at radius 1 is 0.893 bits per heavy atom. The molecular weight excluding hydrogens is 372 g/mol. The van der Waals surface area contributed by atoms with E-state index in [9.17, 15) is 4.79 Å². The van der Waals surface area contributed by atoms with E-state index in [1.165, 1.54) is 0 Å². The Bertz CT molecular complexity index is 954. The van der Waals surface area contributed by atoms with Crippen molar-refractivity contribution in [2.45, 2.75) is 9.79 Å². The lowest BCUT2D eigenvalue weighted by atomic mass is 10.2. The lowest BCUT2D eigenvalue weighted by Crippen LogP contribution is -2.33. The molecule has 0 aliphatic carbocycles. The molecule has 1 aliphatic rings. The smallest absolute Gasteiger partial charge is 0.250 e. The molecule has 0 unspecified atom stereocenters. The van der Waals surface area contributed by atoms with E-state index in [4.69, 9.17) is 9.47 Å². The van der Waals surface area contributed by atoms with Gasteiger partial charge in [0.2, 0.25) is 0 Å². The van der Waals surface area contributed by atoms with Crippen LogP contribution >= 0.6 is 11.8 Å². The van der Waals surface area contributed by atoms with Crippen molar-refractivity contribution in [3.63, 3.8) is 0 Å². The summed E-state index contributed by atoms with van der Waals surface area (Å²) in [6.07, 6.45) is 0. The van der Waals surface area contributed by atoms with Crippen molar-refractivity contribution in [1.29, 1.82) is 0 Å². The first-order valence-electron chi connectivity index (χ1n) is 8.85. The van der Waals surface area contributed by atoms with Crippen molar-refractivity contribution in [3.05, 3.63) is 66.7 Å². The number of ether oxygens (including phenoxy) is 2. The molecule has 0 bridgehead atoms. The summed E-state index contributed by atoms with van der Waals surface area (Å²) in [4.78, 5) is 17.1. The van der Waals surface area contributed by atoms with Gasteiger partial charge >= 0.3 is 0 Å². The van der Waals surface area contributed by atoms with Crippen LogP contribution in [0.3, 0.4) is 0 Å². The molecule has 6 heteroatoms. The van der Waals surface area contributed by atoms with Crippen LogP contribution in [0.1, 0.15) is 0 Å². The average Bonchev–Trinajstić information content (AvgIpc) is 2.75. The van der Waals surface area contributed by atoms with Crippen LogP contribution in [0, 0.1) is 0 Å². The van der Waals surface area contributed by atoms with E-state index in [-0.39, 0.29) is 12.5 Å². The molecule has 1 N–H and O–H groups in total. The van der Waals surface area contributed by atoms with Crippen molar-refractivity contribution in [2.24, 2.45) is 0 Å². The second-order valence-corrected chi connectivity index (χ2v) is 7.31. The Hall–Kier alpha value is -3.12. The third-order valence-electron chi connectivity index (χ3n) is 4.48. The number of nitrogens with one attached hydrogen (secondary N) is 1. The monoisotopic (exact) mass is 392 g/mol. The number of nitrogens with zero attached hydrogens (tertiary/aromatic N) is 1. The van der Waals surface area contributed by atoms with Crippen LogP contribution in [0.2, 0.25) is 0 Å². The molecule has 1 amide bonds. The number of methoxy groups -OCH3 is 2. The highest BCUT2D eigenvalue weighted by Crippen LogP contribution is 2.47. The van der Waals surface area contributed by atoms with Crippen molar-refractivity contribution < 1.29 is 14.3 Å². The second kappa shape index (κ2) is 7.86. The van der Waals surface area contributed by atoms with E-state index >= 15 is 0 Å². The fourth-order valence-corrected chi connectivity index (χ4v) is 4.20. The highest BCUT2D eigenvalue weighted by atomic mass is 32.2. The van der Waals surface area contributed by atoms with Gasteiger partial charge in [-0.15, -0.1) is 0 Å². The Morgan fingerprint density at radius 3 is 1.96 bits per heavy atom. The van der Waals surface area contributed by atoms with Crippen LogP contribution in [-0.4, -0.2) is 26.7 Å². The minimum absolute atomic E-state index is 0.0398. The van der Waals surface area contributed by atoms with Crippen LogP contribution in [-0.2, 0) is 4.79 Å². The fourth-order valence-electron chi connectivity index (χ4n) is 3.14. The van der Waals surface area contributed by atoms with Gasteiger partial charge in [0.25, 0.3) is 5.91 Å². The largest absolute Gasteiger partial charge is 0.497 e. The molecule has 0 atom stereocenters. The molecule has 0 fully saturated rings. The summed E-state index contributed by atoms with van der Waals surface area (Å²) in [5.74, 6) is 1.29. The standard InChI is InChI=1S/C22H20N2O3S/c1-26-16-11-15(12-17(13-16)27-2)23-14-22(25)24-18-7-3-5-9-20(18)28-21-10-6-4-8-19(21)24/h3-13,23H,14H2,1-2H3. The maximum atomic E-state index is 13.2. The summed E-state index contributed by atoms with van der Waals surface area (Å²) >= 11 is 1.68. The molecule has 28 heavy (non-hydrogen) atoms. The number of hydrogen-bond acceptors (Lipinski definition) is 5. The quantitative estimate of drug-likeness (QED) is 0.666. The number of benzene rings is 3. The Labute approximate surface area is 168 Å². The van der Waals surface area contributed by atoms with Gasteiger partial charge in [-0.3, -0.25) is 9.69 Å². The Balaban J connectivity index is 1.61. The Kier molecular flexibility index (Phi) is 5.12. The minimum Gasteiger partial charge on any atom is -0.497 e. The van der Waals surface area contributed by atoms with Gasteiger partial charge in [0.15, 0.2) is 0 Å². The molecule has 0 saturated carbocycles. The molecule has 5 nitrogen and oxygen atoms in total. The zero-order chi connectivity index (χ0) is 19.5. The second-order valence-electron chi connectivity index (χ2n) is 6.22. The van der Waals surface area contributed by atoms with Crippen LogP contribution in [0.4, 0.5) is 17.1 Å². The molecule has 3 aromatic rings. The van der Waals surface area contributed by atoms with Gasteiger partial charge in [0, 0.05) is 33.7 Å². The summed E-state index contributed by atoms with van der Waals surface area (Å²) in [5, 5.41) is 3.19. The van der Waals surface area contributed by atoms with E-state index in [0.717, 1.165) is 26.9 Å². The van der Waals surface area contributed by atoms with Gasteiger partial charge in [0.05, 0.1) is 32.1 Å². The molecule has 1 aliphatic heterocycles. The van der Waals surface area contributed by atoms with Gasteiger partial charge in [-0.25, -0.2) is 0 Å². The fraction of sp³-hybridized carbons (Fsp3) is 0.136. The summed E-state index contributed by atoms with van der Waals surface area (Å²) in [6, 6.07) is 21.4. The first-order valence-corrected chi connectivity index (χ1v) is 9.67. The molecule has 0 spiro atoms. The van der Waals surface area contributed by atoms with E-state index in [1.54, 1.807) is 36.9 Å². The molecule has 142 valence electrons. The van der Waals surface area contributed by atoms with E-state index < -0.39 is 0 Å². The number of para-hydroxylation sites is 2. The number of hydrogen-bond donors (Lipinski definition) is 1. The normalized spacial score (nSPS) is 12.0. The predicted molar refractivity (Wildman–Crippen MR) is 112 cm³/mol. The molecule has 3 aromatic carbocycles. The lowest BCUT2D eigenvalue weighted by molar-refractivity contribution is -0.116. The average molecular weight is 392 g/mol. The van der Waals surface area contributed by atoms with Gasteiger partial charge in [-0.05, 0) is 24.3 Å². The Morgan fingerprint density at radius 2 is 1.43 bits per heavy atom. The number of anilines is 3. The zero-order valence-electron chi connectivity index (χ0n) is 15.6. The van der Waals surface area contributed by atoms with E-state index in [2.05, 4.69) is 5.32 Å². The highest BCUT2D eigenvalue weighted by molar-refractivity contribution is 7.99. The summed E-state index contributed by atoms with van der Waals surface area (Å²) in [5.41, 5.74) is 2.57. The molecule has 1 heterocycles.